The van der Waals surface area contributed by atoms with Gasteiger partial charge in [-0.05, 0) is 20.4 Å². The van der Waals surface area contributed by atoms with Gasteiger partial charge in [-0.15, -0.1) is 0 Å². The molecule has 0 aliphatic carbocycles. The van der Waals surface area contributed by atoms with Gasteiger partial charge in [-0.1, -0.05) is 6.92 Å². The Bertz CT molecular complexity index is 287. The number of carboxylic acids is 1. The summed E-state index contributed by atoms with van der Waals surface area (Å²) in [6, 6.07) is -0.146. The third kappa shape index (κ3) is 3.00. The van der Waals surface area contributed by atoms with E-state index in [4.69, 9.17) is 9.84 Å². The Morgan fingerprint density at radius 1 is 1.56 bits per heavy atom. The van der Waals surface area contributed by atoms with Crippen LogP contribution in [0.5, 0.6) is 0 Å². The Balaban J connectivity index is 2.85. The maximum Gasteiger partial charge on any atom is 0.303 e. The Morgan fingerprint density at radius 2 is 2.22 bits per heavy atom. The van der Waals surface area contributed by atoms with Gasteiger partial charge in [0.15, 0.2) is 6.17 Å². The molecular formula is C12H25N2O4+. The first-order valence-electron chi connectivity index (χ1n) is 6.54. The van der Waals surface area contributed by atoms with Crippen molar-refractivity contribution < 1.29 is 24.5 Å². The van der Waals surface area contributed by atoms with Gasteiger partial charge in [-0.25, -0.2) is 5.21 Å². The van der Waals surface area contributed by atoms with E-state index < -0.39 is 5.97 Å². The molecule has 106 valence electrons. The third-order valence-corrected chi connectivity index (χ3v) is 3.92. The fourth-order valence-corrected chi connectivity index (χ4v) is 2.79. The number of carbonyl (C=O) groups is 1. The van der Waals surface area contributed by atoms with Gasteiger partial charge in [0.25, 0.3) is 0 Å². The summed E-state index contributed by atoms with van der Waals surface area (Å²) in [5.74, 6) is -0.818. The van der Waals surface area contributed by atoms with E-state index in [1.165, 1.54) is 0 Å². The first kappa shape index (κ1) is 15.4. The second-order valence-electron chi connectivity index (χ2n) is 4.98. The van der Waals surface area contributed by atoms with Gasteiger partial charge in [0.05, 0.1) is 6.42 Å². The maximum atomic E-state index is 11.0. The number of hydrogen-bond acceptors (Lipinski definition) is 4. The molecule has 0 aromatic rings. The number of rotatable bonds is 6. The lowest BCUT2D eigenvalue weighted by Gasteiger charge is -2.48. The molecule has 18 heavy (non-hydrogen) atoms. The number of morpholine rings is 1. The highest BCUT2D eigenvalue weighted by Gasteiger charge is 2.49. The molecule has 6 heteroatoms. The highest BCUT2D eigenvalue weighted by molar-refractivity contribution is 5.66. The zero-order valence-corrected chi connectivity index (χ0v) is 11.4. The van der Waals surface area contributed by atoms with Crippen molar-refractivity contribution in [2.75, 3.05) is 20.3 Å². The molecule has 0 aromatic carbocycles. The second-order valence-corrected chi connectivity index (χ2v) is 4.98. The fourth-order valence-electron chi connectivity index (χ4n) is 2.79. The van der Waals surface area contributed by atoms with Crippen molar-refractivity contribution in [2.24, 2.45) is 0 Å². The SMILES string of the molecule is CC[C@H](CCC(=O)O)[N+]1(O)[C@H](C)COC[C@H]1NC. The van der Waals surface area contributed by atoms with Gasteiger partial charge >= 0.3 is 5.97 Å². The molecular weight excluding hydrogens is 236 g/mol. The minimum Gasteiger partial charge on any atom is -0.481 e. The predicted octanol–water partition coefficient (Wildman–Crippen LogP) is 0.800. The van der Waals surface area contributed by atoms with Gasteiger partial charge in [-0.2, -0.15) is 4.65 Å². The first-order valence-corrected chi connectivity index (χ1v) is 6.54. The van der Waals surface area contributed by atoms with Crippen LogP contribution >= 0.6 is 0 Å². The molecule has 1 rings (SSSR count). The summed E-state index contributed by atoms with van der Waals surface area (Å²) in [5, 5.41) is 22.9. The monoisotopic (exact) mass is 261 g/mol. The van der Waals surface area contributed by atoms with E-state index in [-0.39, 0.29) is 29.3 Å². The van der Waals surface area contributed by atoms with Gasteiger partial charge in [0, 0.05) is 6.42 Å². The quantitative estimate of drug-likeness (QED) is 0.616. The standard InChI is InChI=1S/C12H24N2O4/c1-4-10(5-6-12(15)16)14(17)9(2)7-18-8-11(14)13-3/h9-11,13,17H,4-8H2,1-3H3/p+1/t9-,10-,11+,14?/m1/s1. The van der Waals surface area contributed by atoms with E-state index in [1.807, 2.05) is 13.8 Å². The fraction of sp³-hybridized carbons (Fsp3) is 0.917. The molecule has 6 nitrogen and oxygen atoms in total. The van der Waals surface area contributed by atoms with Crippen LogP contribution in [0.1, 0.15) is 33.1 Å². The molecule has 1 fully saturated rings. The first-order chi connectivity index (χ1) is 8.46. The summed E-state index contributed by atoms with van der Waals surface area (Å²) in [4.78, 5) is 10.7. The average Bonchev–Trinajstić information content (AvgIpc) is 2.33. The normalized spacial score (nSPS) is 34.2. The molecule has 1 aliphatic heterocycles. The van der Waals surface area contributed by atoms with Crippen LogP contribution in [0.2, 0.25) is 0 Å². The van der Waals surface area contributed by atoms with Crippen LogP contribution in [0.3, 0.4) is 0 Å². The Morgan fingerprint density at radius 3 is 2.72 bits per heavy atom. The lowest BCUT2D eigenvalue weighted by molar-refractivity contribution is -1.16. The zero-order chi connectivity index (χ0) is 13.8. The summed E-state index contributed by atoms with van der Waals surface area (Å²) in [5.41, 5.74) is 0. The topological polar surface area (TPSA) is 78.8 Å². The lowest BCUT2D eigenvalue weighted by Crippen LogP contribution is -2.72. The molecule has 0 aromatic heterocycles. The molecule has 1 heterocycles. The van der Waals surface area contributed by atoms with Crippen LogP contribution in [-0.2, 0) is 9.53 Å². The maximum absolute atomic E-state index is 11.0. The molecule has 4 atom stereocenters. The second kappa shape index (κ2) is 6.47. The molecule has 1 aliphatic rings. The number of nitrogens with zero attached hydrogens (tertiary/aromatic N) is 1. The highest BCUT2D eigenvalue weighted by atomic mass is 16.6. The molecule has 0 saturated carbocycles. The van der Waals surface area contributed by atoms with Crippen LogP contribution in [0.4, 0.5) is 0 Å². The number of hydrogen-bond donors (Lipinski definition) is 3. The largest absolute Gasteiger partial charge is 0.481 e. The number of quaternary nitrogens is 1. The van der Waals surface area contributed by atoms with Crippen molar-refractivity contribution >= 4 is 5.97 Å². The minimum atomic E-state index is -0.818. The summed E-state index contributed by atoms with van der Waals surface area (Å²) in [6.45, 7) is 4.86. The smallest absolute Gasteiger partial charge is 0.303 e. The van der Waals surface area contributed by atoms with Crippen LogP contribution in [0.25, 0.3) is 0 Å². The van der Waals surface area contributed by atoms with Crippen molar-refractivity contribution in [3.8, 4) is 0 Å². The summed E-state index contributed by atoms with van der Waals surface area (Å²) in [6.07, 6.45) is 1.10. The van der Waals surface area contributed by atoms with E-state index in [1.54, 1.807) is 7.05 Å². The molecule has 0 amide bonds. The molecule has 0 spiro atoms. The van der Waals surface area contributed by atoms with Gasteiger partial charge < -0.3 is 9.84 Å². The van der Waals surface area contributed by atoms with E-state index in [2.05, 4.69) is 5.32 Å². The minimum absolute atomic E-state index is 0.0602. The van der Waals surface area contributed by atoms with Crippen LogP contribution < -0.4 is 5.32 Å². The van der Waals surface area contributed by atoms with Crippen LogP contribution in [0.15, 0.2) is 0 Å². The molecule has 0 radical (unpaired) electrons. The third-order valence-electron chi connectivity index (χ3n) is 3.92. The van der Waals surface area contributed by atoms with Crippen molar-refractivity contribution in [1.82, 2.24) is 5.32 Å². The van der Waals surface area contributed by atoms with Crippen LogP contribution in [0, 0.1) is 0 Å². The number of ether oxygens (including phenoxy) is 1. The number of nitrogens with one attached hydrogen (secondary N) is 1. The number of likely N-dealkylation sites (N-methyl/N-ethyl adjacent to an activating group) is 1. The summed E-state index contributed by atoms with van der Waals surface area (Å²) < 4.78 is 5.31. The van der Waals surface area contributed by atoms with Gasteiger partial charge in [0.2, 0.25) is 0 Å². The Hall–Kier alpha value is -0.690. The molecule has 0 bridgehead atoms. The highest BCUT2D eigenvalue weighted by Crippen LogP contribution is 2.28. The van der Waals surface area contributed by atoms with E-state index in [0.717, 1.165) is 6.42 Å². The Kier molecular flexibility index (Phi) is 5.52. The average molecular weight is 261 g/mol. The van der Waals surface area contributed by atoms with E-state index in [9.17, 15) is 10.0 Å². The zero-order valence-electron chi connectivity index (χ0n) is 11.4. The number of carboxylic acid groups (broad SMARTS) is 1. The summed E-state index contributed by atoms with van der Waals surface area (Å²) in [7, 11) is 1.79. The van der Waals surface area contributed by atoms with Crippen molar-refractivity contribution in [3.63, 3.8) is 0 Å². The summed E-state index contributed by atoms with van der Waals surface area (Å²) >= 11 is 0. The van der Waals surface area contributed by atoms with Gasteiger partial charge in [0.1, 0.15) is 25.3 Å². The number of hydroxylamine groups is 3. The van der Waals surface area contributed by atoms with Gasteiger partial charge in [-0.3, -0.25) is 10.1 Å². The molecule has 3 N–H and O–H groups in total. The molecule has 1 unspecified atom stereocenters. The van der Waals surface area contributed by atoms with Crippen molar-refractivity contribution in [3.05, 3.63) is 0 Å². The molecule has 1 saturated heterocycles. The number of aliphatic carboxylic acids is 1. The Labute approximate surface area is 108 Å². The predicted molar refractivity (Wildman–Crippen MR) is 66.1 cm³/mol. The van der Waals surface area contributed by atoms with Crippen molar-refractivity contribution in [2.45, 2.75) is 51.4 Å². The lowest BCUT2D eigenvalue weighted by atomic mass is 10.0. The van der Waals surface area contributed by atoms with Crippen molar-refractivity contribution in [1.29, 1.82) is 0 Å². The van der Waals surface area contributed by atoms with E-state index in [0.29, 0.717) is 19.6 Å². The van der Waals surface area contributed by atoms with Crippen LogP contribution in [-0.4, -0.2) is 59.4 Å². The van der Waals surface area contributed by atoms with E-state index >= 15 is 0 Å².